The SMILES string of the molecule is NC(=O)c1sc(Oc2ccc(C(=O)O)nc2)c2c1CCc1cnsc1-2. The molecule has 0 saturated carbocycles. The Labute approximate surface area is 149 Å². The Morgan fingerprint density at radius 2 is 2.08 bits per heavy atom. The lowest BCUT2D eigenvalue weighted by molar-refractivity contribution is 0.0690. The number of aromatic nitrogens is 2. The van der Waals surface area contributed by atoms with E-state index >= 15 is 0 Å². The zero-order chi connectivity index (χ0) is 17.6. The third kappa shape index (κ3) is 2.67. The van der Waals surface area contributed by atoms with Crippen LogP contribution in [0.3, 0.4) is 0 Å². The predicted octanol–water partition coefficient (Wildman–Crippen LogP) is 2.95. The molecular formula is C16H11N3O4S2. The fourth-order valence-electron chi connectivity index (χ4n) is 2.76. The Hall–Kier alpha value is -2.78. The monoisotopic (exact) mass is 373 g/mol. The number of aryl methyl sites for hydroxylation is 1. The van der Waals surface area contributed by atoms with Gasteiger partial charge in [-0.1, -0.05) is 11.3 Å². The maximum Gasteiger partial charge on any atom is 0.354 e. The number of carbonyl (C=O) groups is 2. The molecule has 0 bridgehead atoms. The second-order valence-electron chi connectivity index (χ2n) is 5.40. The van der Waals surface area contributed by atoms with E-state index in [4.69, 9.17) is 15.6 Å². The van der Waals surface area contributed by atoms with Crippen LogP contribution in [0.25, 0.3) is 10.4 Å². The number of pyridine rings is 1. The highest BCUT2D eigenvalue weighted by molar-refractivity contribution is 7.17. The number of hydrogen-bond donors (Lipinski definition) is 2. The van der Waals surface area contributed by atoms with Crippen molar-refractivity contribution >= 4 is 34.7 Å². The van der Waals surface area contributed by atoms with Crippen LogP contribution in [0.4, 0.5) is 0 Å². The van der Waals surface area contributed by atoms with Crippen molar-refractivity contribution < 1.29 is 19.4 Å². The highest BCUT2D eigenvalue weighted by atomic mass is 32.1. The molecule has 0 aliphatic heterocycles. The van der Waals surface area contributed by atoms with E-state index in [-0.39, 0.29) is 5.69 Å². The number of fused-ring (bicyclic) bond motifs is 3. The van der Waals surface area contributed by atoms with Gasteiger partial charge in [0.05, 0.1) is 21.5 Å². The van der Waals surface area contributed by atoms with Gasteiger partial charge in [0.15, 0.2) is 5.06 Å². The topological polar surface area (TPSA) is 115 Å². The number of carboxylic acids is 1. The van der Waals surface area contributed by atoms with Crippen LogP contribution < -0.4 is 10.5 Å². The number of carbonyl (C=O) groups excluding carboxylic acids is 1. The summed E-state index contributed by atoms with van der Waals surface area (Å²) in [6.45, 7) is 0. The Kier molecular flexibility index (Phi) is 3.74. The van der Waals surface area contributed by atoms with E-state index in [1.807, 2.05) is 6.20 Å². The van der Waals surface area contributed by atoms with Gasteiger partial charge in [0.25, 0.3) is 5.91 Å². The van der Waals surface area contributed by atoms with Gasteiger partial charge in [-0.05, 0) is 47.6 Å². The van der Waals surface area contributed by atoms with Crippen LogP contribution in [0.1, 0.15) is 31.3 Å². The molecule has 0 radical (unpaired) electrons. The van der Waals surface area contributed by atoms with E-state index in [2.05, 4.69) is 9.36 Å². The molecule has 4 rings (SSSR count). The largest absolute Gasteiger partial charge is 0.477 e. The van der Waals surface area contributed by atoms with Gasteiger partial charge in [-0.25, -0.2) is 14.2 Å². The first-order valence-electron chi connectivity index (χ1n) is 7.31. The Morgan fingerprint density at radius 3 is 2.76 bits per heavy atom. The van der Waals surface area contributed by atoms with Crippen LogP contribution in [0.5, 0.6) is 10.8 Å². The van der Waals surface area contributed by atoms with Crippen molar-refractivity contribution in [2.75, 3.05) is 0 Å². The van der Waals surface area contributed by atoms with Crippen LogP contribution in [-0.2, 0) is 12.8 Å². The lowest BCUT2D eigenvalue weighted by atomic mass is 9.93. The lowest BCUT2D eigenvalue weighted by Crippen LogP contribution is -2.12. The molecule has 1 aliphatic carbocycles. The number of aromatic carboxylic acids is 1. The first kappa shape index (κ1) is 15.7. The van der Waals surface area contributed by atoms with E-state index in [1.54, 1.807) is 0 Å². The molecule has 0 spiro atoms. The molecule has 0 fully saturated rings. The van der Waals surface area contributed by atoms with E-state index in [9.17, 15) is 9.59 Å². The van der Waals surface area contributed by atoms with Crippen molar-refractivity contribution in [2.24, 2.45) is 5.73 Å². The predicted molar refractivity (Wildman–Crippen MR) is 92.6 cm³/mol. The Balaban J connectivity index is 1.78. The molecule has 7 nitrogen and oxygen atoms in total. The summed E-state index contributed by atoms with van der Waals surface area (Å²) in [6, 6.07) is 2.90. The standard InChI is InChI=1S/C16H11N3O4S2/c17-14(20)13-9-3-1-7-5-19-25-12(7)11(9)16(24-13)23-8-2-4-10(15(21)22)18-6-8/h2,4-6H,1,3H2,(H2,17,20)(H,21,22). The minimum absolute atomic E-state index is 0.0665. The van der Waals surface area contributed by atoms with Crippen molar-refractivity contribution in [3.63, 3.8) is 0 Å². The van der Waals surface area contributed by atoms with Crippen molar-refractivity contribution in [3.8, 4) is 21.3 Å². The summed E-state index contributed by atoms with van der Waals surface area (Å²) in [6.07, 6.45) is 4.69. The molecule has 3 aromatic rings. The molecule has 1 aliphatic rings. The van der Waals surface area contributed by atoms with Gasteiger partial charge in [-0.2, -0.15) is 0 Å². The molecule has 0 atom stereocenters. The van der Waals surface area contributed by atoms with Gasteiger partial charge in [0.2, 0.25) is 0 Å². The number of thiophene rings is 1. The molecule has 3 heterocycles. The maximum absolute atomic E-state index is 11.8. The minimum atomic E-state index is -1.11. The van der Waals surface area contributed by atoms with Gasteiger partial charge in [0, 0.05) is 6.20 Å². The third-order valence-corrected chi connectivity index (χ3v) is 5.86. The molecule has 0 aromatic carbocycles. The van der Waals surface area contributed by atoms with Gasteiger partial charge in [-0.15, -0.1) is 0 Å². The fourth-order valence-corrected chi connectivity index (χ4v) is 4.77. The van der Waals surface area contributed by atoms with Crippen LogP contribution in [0, 0.1) is 0 Å². The third-order valence-electron chi connectivity index (χ3n) is 3.88. The van der Waals surface area contributed by atoms with E-state index in [0.717, 1.165) is 28.0 Å². The van der Waals surface area contributed by atoms with Gasteiger partial charge in [-0.3, -0.25) is 4.79 Å². The fraction of sp³-hybridized carbons (Fsp3) is 0.125. The molecule has 1 amide bonds. The van der Waals surface area contributed by atoms with Crippen LogP contribution in [-0.4, -0.2) is 26.3 Å². The number of primary amides is 1. The molecule has 0 unspecified atom stereocenters. The first-order valence-corrected chi connectivity index (χ1v) is 8.90. The number of hydrogen-bond acceptors (Lipinski definition) is 7. The molecule has 126 valence electrons. The summed E-state index contributed by atoms with van der Waals surface area (Å²) in [5, 5.41) is 9.46. The van der Waals surface area contributed by atoms with Gasteiger partial charge in [0.1, 0.15) is 11.4 Å². The molecule has 25 heavy (non-hydrogen) atoms. The number of nitrogens with zero attached hydrogens (tertiary/aromatic N) is 2. The van der Waals surface area contributed by atoms with Crippen molar-refractivity contribution in [1.29, 1.82) is 0 Å². The van der Waals surface area contributed by atoms with Crippen molar-refractivity contribution in [3.05, 3.63) is 46.2 Å². The van der Waals surface area contributed by atoms with E-state index in [0.29, 0.717) is 22.1 Å². The average Bonchev–Trinajstić information content (AvgIpc) is 3.19. The molecular weight excluding hydrogens is 362 g/mol. The van der Waals surface area contributed by atoms with E-state index < -0.39 is 11.9 Å². The molecule has 0 saturated heterocycles. The average molecular weight is 373 g/mol. The molecule has 3 N–H and O–H groups in total. The Morgan fingerprint density at radius 1 is 1.24 bits per heavy atom. The van der Waals surface area contributed by atoms with Crippen molar-refractivity contribution in [2.45, 2.75) is 12.8 Å². The number of carboxylic acid groups (broad SMARTS) is 1. The van der Waals surface area contributed by atoms with Crippen LogP contribution in [0.15, 0.2) is 24.5 Å². The van der Waals surface area contributed by atoms with Gasteiger partial charge >= 0.3 is 5.97 Å². The summed E-state index contributed by atoms with van der Waals surface area (Å²) < 4.78 is 10.1. The number of rotatable bonds is 4. The summed E-state index contributed by atoms with van der Waals surface area (Å²) in [7, 11) is 0. The second-order valence-corrected chi connectivity index (χ2v) is 7.19. The van der Waals surface area contributed by atoms with Gasteiger partial charge < -0.3 is 15.6 Å². The van der Waals surface area contributed by atoms with Crippen molar-refractivity contribution in [1.82, 2.24) is 9.36 Å². The smallest absolute Gasteiger partial charge is 0.354 e. The van der Waals surface area contributed by atoms with Crippen LogP contribution in [0.2, 0.25) is 0 Å². The quantitative estimate of drug-likeness (QED) is 0.726. The zero-order valence-corrected chi connectivity index (χ0v) is 14.3. The summed E-state index contributed by atoms with van der Waals surface area (Å²) in [5.41, 5.74) is 8.31. The number of ether oxygens (including phenoxy) is 1. The highest BCUT2D eigenvalue weighted by Gasteiger charge is 2.30. The summed E-state index contributed by atoms with van der Waals surface area (Å²) in [4.78, 5) is 28.0. The Bertz CT molecular complexity index is 991. The second kappa shape index (κ2) is 5.94. The number of nitrogens with two attached hydrogens (primary N) is 1. The minimum Gasteiger partial charge on any atom is -0.477 e. The highest BCUT2D eigenvalue weighted by Crippen LogP contribution is 2.49. The molecule has 9 heteroatoms. The summed E-state index contributed by atoms with van der Waals surface area (Å²) in [5.74, 6) is -1.20. The maximum atomic E-state index is 11.8. The van der Waals surface area contributed by atoms with E-state index in [1.165, 1.54) is 41.2 Å². The molecule has 3 aromatic heterocycles. The first-order chi connectivity index (χ1) is 12.0. The zero-order valence-electron chi connectivity index (χ0n) is 12.7. The lowest BCUT2D eigenvalue weighted by Gasteiger charge is -2.13. The number of amides is 1. The normalized spacial score (nSPS) is 12.3. The summed E-state index contributed by atoms with van der Waals surface area (Å²) >= 11 is 2.55. The van der Waals surface area contributed by atoms with Crippen LogP contribution >= 0.6 is 22.9 Å².